The van der Waals surface area contributed by atoms with Crippen LogP contribution in [-0.4, -0.2) is 24.9 Å². The molecule has 0 radical (unpaired) electrons. The number of pyridine rings is 1. The van der Waals surface area contributed by atoms with E-state index in [0.717, 1.165) is 89.4 Å². The van der Waals surface area contributed by atoms with Gasteiger partial charge in [0.1, 0.15) is 0 Å². The van der Waals surface area contributed by atoms with Crippen LogP contribution in [0.2, 0.25) is 0 Å². The van der Waals surface area contributed by atoms with Gasteiger partial charge in [0.15, 0.2) is 11.6 Å². The third-order valence-corrected chi connectivity index (χ3v) is 11.3. The lowest BCUT2D eigenvalue weighted by Crippen LogP contribution is -1.99. The molecule has 0 N–H and O–H groups in total. The monoisotopic (exact) mass is 791 g/mol. The van der Waals surface area contributed by atoms with E-state index in [-0.39, 0.29) is 0 Å². The van der Waals surface area contributed by atoms with Gasteiger partial charge >= 0.3 is 0 Å². The van der Waals surface area contributed by atoms with Crippen molar-refractivity contribution in [3.05, 3.63) is 224 Å². The van der Waals surface area contributed by atoms with E-state index < -0.39 is 0 Å². The molecule has 290 valence electrons. The van der Waals surface area contributed by atoms with Crippen LogP contribution < -0.4 is 0 Å². The smallest absolute Gasteiger partial charge is 0.160 e. The summed E-state index contributed by atoms with van der Waals surface area (Å²) >= 11 is 0. The lowest BCUT2D eigenvalue weighted by atomic mass is 9.93. The van der Waals surface area contributed by atoms with Crippen LogP contribution in [0.3, 0.4) is 0 Å². The number of hydrogen-bond donors (Lipinski definition) is 0. The number of aromatic nitrogens is 5. The van der Waals surface area contributed by atoms with Gasteiger partial charge in [-0.25, -0.2) is 24.9 Å². The van der Waals surface area contributed by atoms with Gasteiger partial charge in [-0.15, -0.1) is 0 Å². The zero-order valence-corrected chi connectivity index (χ0v) is 33.6. The molecule has 0 bridgehead atoms. The maximum absolute atomic E-state index is 5.45. The average Bonchev–Trinajstić information content (AvgIpc) is 3.37. The molecule has 62 heavy (non-hydrogen) atoms. The van der Waals surface area contributed by atoms with Gasteiger partial charge in [-0.3, -0.25) is 0 Å². The predicted molar refractivity (Wildman–Crippen MR) is 254 cm³/mol. The quantitative estimate of drug-likeness (QED) is 0.143. The van der Waals surface area contributed by atoms with E-state index in [9.17, 15) is 0 Å². The minimum atomic E-state index is 0.649. The van der Waals surface area contributed by atoms with Crippen molar-refractivity contribution in [1.82, 2.24) is 24.9 Å². The van der Waals surface area contributed by atoms with Gasteiger partial charge in [-0.05, 0) is 64.4 Å². The van der Waals surface area contributed by atoms with Crippen LogP contribution in [0.1, 0.15) is 0 Å². The van der Waals surface area contributed by atoms with Gasteiger partial charge in [0.05, 0.1) is 34.0 Å². The molecular weight excluding hydrogens is 755 g/mol. The van der Waals surface area contributed by atoms with Crippen molar-refractivity contribution in [1.29, 1.82) is 0 Å². The lowest BCUT2D eigenvalue weighted by molar-refractivity contribution is 1.18. The van der Waals surface area contributed by atoms with Crippen LogP contribution in [0.25, 0.3) is 112 Å². The molecule has 0 amide bonds. The number of benzene rings is 8. The zero-order chi connectivity index (χ0) is 41.2. The Bertz CT molecular complexity index is 3110. The Balaban J connectivity index is 1.19. The number of fused-ring (bicyclic) bond motifs is 3. The highest BCUT2D eigenvalue weighted by molar-refractivity contribution is 6.13. The van der Waals surface area contributed by atoms with Crippen LogP contribution in [-0.2, 0) is 0 Å². The van der Waals surface area contributed by atoms with Gasteiger partial charge in [0, 0.05) is 44.3 Å². The van der Waals surface area contributed by atoms with Gasteiger partial charge in [-0.2, -0.15) is 0 Å². The normalized spacial score (nSPS) is 11.2. The molecule has 11 rings (SSSR count). The van der Waals surface area contributed by atoms with Crippen LogP contribution in [0, 0.1) is 0 Å². The second-order valence-corrected chi connectivity index (χ2v) is 15.3. The fourth-order valence-electron chi connectivity index (χ4n) is 8.21. The standard InChI is InChI=1S/C57H37N5/c1-6-18-38(19-7-1)48-35-50(58-49-31-30-39-20-16-17-29-47(39)55(48)49)44-32-45(53-36-51(40-21-8-2-9-22-40)59-56(61-53)42-25-12-4-13-26-42)34-46(33-44)54-37-52(41-23-10-3-11-24-41)60-57(62-54)43-27-14-5-15-28-43/h1-37H. The molecular formula is C57H37N5. The summed E-state index contributed by atoms with van der Waals surface area (Å²) in [6.45, 7) is 0. The first-order valence-electron chi connectivity index (χ1n) is 20.7. The molecule has 5 nitrogen and oxygen atoms in total. The topological polar surface area (TPSA) is 64.5 Å². The van der Waals surface area contributed by atoms with Crippen LogP contribution >= 0.6 is 0 Å². The summed E-state index contributed by atoms with van der Waals surface area (Å²) in [4.78, 5) is 26.2. The van der Waals surface area contributed by atoms with Crippen molar-refractivity contribution in [2.24, 2.45) is 0 Å². The molecule has 3 aromatic heterocycles. The Morgan fingerprint density at radius 1 is 0.242 bits per heavy atom. The summed E-state index contributed by atoms with van der Waals surface area (Å²) in [5, 5.41) is 3.47. The third kappa shape index (κ3) is 7.18. The lowest BCUT2D eigenvalue weighted by Gasteiger charge is -2.16. The van der Waals surface area contributed by atoms with Crippen LogP contribution in [0.15, 0.2) is 224 Å². The minimum absolute atomic E-state index is 0.649. The van der Waals surface area contributed by atoms with Crippen molar-refractivity contribution in [2.75, 3.05) is 0 Å². The number of nitrogens with zero attached hydrogens (tertiary/aromatic N) is 5. The molecule has 0 aliphatic heterocycles. The third-order valence-electron chi connectivity index (χ3n) is 11.3. The Morgan fingerprint density at radius 3 is 1.08 bits per heavy atom. The van der Waals surface area contributed by atoms with E-state index in [1.54, 1.807) is 0 Å². The zero-order valence-electron chi connectivity index (χ0n) is 33.6. The molecule has 11 aromatic rings. The second kappa shape index (κ2) is 16.0. The Kier molecular flexibility index (Phi) is 9.45. The van der Waals surface area contributed by atoms with Crippen molar-refractivity contribution < 1.29 is 0 Å². The first-order valence-corrected chi connectivity index (χ1v) is 20.7. The fraction of sp³-hybridized carbons (Fsp3) is 0. The number of rotatable bonds is 8. The van der Waals surface area contributed by atoms with Crippen LogP contribution in [0.4, 0.5) is 0 Å². The summed E-state index contributed by atoms with van der Waals surface area (Å²) in [7, 11) is 0. The summed E-state index contributed by atoms with van der Waals surface area (Å²) < 4.78 is 0. The highest BCUT2D eigenvalue weighted by Crippen LogP contribution is 2.40. The molecule has 0 spiro atoms. The maximum atomic E-state index is 5.45. The van der Waals surface area contributed by atoms with Gasteiger partial charge in [0.25, 0.3) is 0 Å². The summed E-state index contributed by atoms with van der Waals surface area (Å²) in [5.74, 6) is 1.30. The first kappa shape index (κ1) is 36.7. The highest BCUT2D eigenvalue weighted by atomic mass is 14.9. The Morgan fingerprint density at radius 2 is 0.613 bits per heavy atom. The molecule has 0 unspecified atom stereocenters. The highest BCUT2D eigenvalue weighted by Gasteiger charge is 2.19. The molecule has 0 atom stereocenters. The van der Waals surface area contributed by atoms with E-state index in [1.165, 1.54) is 10.8 Å². The van der Waals surface area contributed by atoms with Crippen molar-refractivity contribution in [3.8, 4) is 90.2 Å². The average molecular weight is 792 g/mol. The molecule has 0 aliphatic carbocycles. The predicted octanol–water partition coefficient (Wildman–Crippen LogP) is 14.3. The Hall–Kier alpha value is -8.41. The van der Waals surface area contributed by atoms with E-state index in [1.807, 2.05) is 72.8 Å². The molecule has 0 saturated carbocycles. The fourth-order valence-corrected chi connectivity index (χ4v) is 8.21. The Labute approximate surface area is 359 Å². The molecule has 5 heteroatoms. The van der Waals surface area contributed by atoms with Gasteiger partial charge < -0.3 is 0 Å². The summed E-state index contributed by atoms with van der Waals surface area (Å²) in [6.07, 6.45) is 0. The summed E-state index contributed by atoms with van der Waals surface area (Å²) in [5.41, 5.74) is 13.9. The minimum Gasteiger partial charge on any atom is -0.248 e. The molecule has 8 aromatic carbocycles. The van der Waals surface area contributed by atoms with E-state index in [4.69, 9.17) is 24.9 Å². The first-order chi connectivity index (χ1) is 30.7. The largest absolute Gasteiger partial charge is 0.248 e. The molecule has 3 heterocycles. The SMILES string of the molecule is c1ccc(-c2cc(-c3cc(-c4cc(-c5ccccc5)nc(-c5ccccc5)n4)cc(-c4cc(-c5ccccc5)c5c(ccc6ccccc65)n4)c3)nc(-c3ccccc3)n2)cc1. The van der Waals surface area contributed by atoms with Crippen molar-refractivity contribution >= 4 is 21.7 Å². The van der Waals surface area contributed by atoms with Gasteiger partial charge in [-0.1, -0.05) is 182 Å². The summed E-state index contributed by atoms with van der Waals surface area (Å²) in [6, 6.07) is 77.4. The van der Waals surface area contributed by atoms with Gasteiger partial charge in [0.2, 0.25) is 0 Å². The molecule has 0 aliphatic rings. The van der Waals surface area contributed by atoms with Crippen LogP contribution in [0.5, 0.6) is 0 Å². The molecule has 0 saturated heterocycles. The maximum Gasteiger partial charge on any atom is 0.160 e. The van der Waals surface area contributed by atoms with E-state index in [0.29, 0.717) is 11.6 Å². The molecule has 0 fully saturated rings. The number of hydrogen-bond acceptors (Lipinski definition) is 5. The van der Waals surface area contributed by atoms with Crippen molar-refractivity contribution in [3.63, 3.8) is 0 Å². The van der Waals surface area contributed by atoms with E-state index >= 15 is 0 Å². The van der Waals surface area contributed by atoms with E-state index in [2.05, 4.69) is 152 Å². The van der Waals surface area contributed by atoms with Crippen molar-refractivity contribution in [2.45, 2.75) is 0 Å². The second-order valence-electron chi connectivity index (χ2n) is 15.3.